The summed E-state index contributed by atoms with van der Waals surface area (Å²) in [5.41, 5.74) is 9.63. The standard InChI is InChI=1S/C34H23BrN2/c35-31-13-7-12-30(22-31)26-14-18-28(19-15-26)33-23-32(27-10-5-2-6-11-27)36-34(37-33)29-20-16-25(17-21-29)24-8-3-1-4-9-24/h1-23H. The predicted molar refractivity (Wildman–Crippen MR) is 157 cm³/mol. The fourth-order valence-electron chi connectivity index (χ4n) is 4.42. The van der Waals surface area contributed by atoms with Gasteiger partial charge in [0.25, 0.3) is 0 Å². The van der Waals surface area contributed by atoms with Gasteiger partial charge in [-0.25, -0.2) is 9.97 Å². The lowest BCUT2D eigenvalue weighted by Gasteiger charge is -2.11. The average Bonchev–Trinajstić information content (AvgIpc) is 2.98. The van der Waals surface area contributed by atoms with E-state index < -0.39 is 0 Å². The van der Waals surface area contributed by atoms with Crippen LogP contribution in [0.25, 0.3) is 56.2 Å². The second-order valence-electron chi connectivity index (χ2n) is 8.86. The molecule has 1 heterocycles. The van der Waals surface area contributed by atoms with Gasteiger partial charge in [-0.15, -0.1) is 0 Å². The third-order valence-electron chi connectivity index (χ3n) is 6.38. The van der Waals surface area contributed by atoms with Crippen LogP contribution >= 0.6 is 15.9 Å². The molecule has 0 aliphatic rings. The molecule has 0 radical (unpaired) electrons. The van der Waals surface area contributed by atoms with E-state index in [9.17, 15) is 0 Å². The van der Waals surface area contributed by atoms with Crippen molar-refractivity contribution in [3.05, 3.63) is 144 Å². The van der Waals surface area contributed by atoms with Gasteiger partial charge in [0.1, 0.15) is 0 Å². The lowest BCUT2D eigenvalue weighted by atomic mass is 10.0. The summed E-state index contributed by atoms with van der Waals surface area (Å²) < 4.78 is 1.07. The van der Waals surface area contributed by atoms with Crippen LogP contribution in [-0.2, 0) is 0 Å². The molecule has 0 fully saturated rings. The molecular formula is C34H23BrN2. The van der Waals surface area contributed by atoms with E-state index in [-0.39, 0.29) is 0 Å². The molecule has 3 heteroatoms. The number of aromatic nitrogens is 2. The summed E-state index contributed by atoms with van der Waals surface area (Å²) in [6.45, 7) is 0. The lowest BCUT2D eigenvalue weighted by Crippen LogP contribution is -1.96. The Morgan fingerprint density at radius 1 is 0.351 bits per heavy atom. The van der Waals surface area contributed by atoms with E-state index in [1.54, 1.807) is 0 Å². The summed E-state index contributed by atoms with van der Waals surface area (Å²) >= 11 is 3.57. The molecule has 37 heavy (non-hydrogen) atoms. The maximum absolute atomic E-state index is 5.00. The van der Waals surface area contributed by atoms with E-state index in [4.69, 9.17) is 9.97 Å². The van der Waals surface area contributed by atoms with Crippen molar-refractivity contribution in [2.75, 3.05) is 0 Å². The molecule has 5 aromatic carbocycles. The molecule has 1 aromatic heterocycles. The first-order valence-electron chi connectivity index (χ1n) is 12.2. The third kappa shape index (κ3) is 5.13. The van der Waals surface area contributed by atoms with Gasteiger partial charge in [0.2, 0.25) is 0 Å². The van der Waals surface area contributed by atoms with Crippen LogP contribution in [0.4, 0.5) is 0 Å². The lowest BCUT2D eigenvalue weighted by molar-refractivity contribution is 1.18. The van der Waals surface area contributed by atoms with Crippen molar-refractivity contribution in [1.82, 2.24) is 9.97 Å². The zero-order valence-corrected chi connectivity index (χ0v) is 21.6. The van der Waals surface area contributed by atoms with E-state index >= 15 is 0 Å². The molecule has 2 nitrogen and oxygen atoms in total. The molecular weight excluding hydrogens is 516 g/mol. The van der Waals surface area contributed by atoms with Gasteiger partial charge in [-0.3, -0.25) is 0 Å². The van der Waals surface area contributed by atoms with Gasteiger partial charge in [-0.05, 0) is 40.5 Å². The number of rotatable bonds is 5. The number of hydrogen-bond acceptors (Lipinski definition) is 2. The van der Waals surface area contributed by atoms with E-state index in [2.05, 4.69) is 125 Å². The maximum atomic E-state index is 5.00. The van der Waals surface area contributed by atoms with Crippen LogP contribution in [0.15, 0.2) is 144 Å². The predicted octanol–water partition coefficient (Wildman–Crippen LogP) is 9.57. The minimum absolute atomic E-state index is 0.715. The van der Waals surface area contributed by atoms with Gasteiger partial charge in [-0.2, -0.15) is 0 Å². The number of halogens is 1. The molecule has 176 valence electrons. The fourth-order valence-corrected chi connectivity index (χ4v) is 4.82. The number of nitrogens with zero attached hydrogens (tertiary/aromatic N) is 2. The Morgan fingerprint density at radius 3 is 1.38 bits per heavy atom. The highest BCUT2D eigenvalue weighted by atomic mass is 79.9. The van der Waals surface area contributed by atoms with Crippen LogP contribution < -0.4 is 0 Å². The molecule has 0 aliphatic carbocycles. The van der Waals surface area contributed by atoms with E-state index in [1.165, 1.54) is 22.3 Å². The first-order chi connectivity index (χ1) is 18.2. The van der Waals surface area contributed by atoms with E-state index in [0.717, 1.165) is 32.6 Å². The Hall–Kier alpha value is -4.34. The first kappa shape index (κ1) is 23.1. The Morgan fingerprint density at radius 2 is 0.784 bits per heavy atom. The highest BCUT2D eigenvalue weighted by Crippen LogP contribution is 2.30. The zero-order chi connectivity index (χ0) is 25.0. The number of benzene rings is 5. The Kier molecular flexibility index (Phi) is 6.45. The fraction of sp³-hybridized carbons (Fsp3) is 0. The minimum atomic E-state index is 0.715. The summed E-state index contributed by atoms with van der Waals surface area (Å²) in [5, 5.41) is 0. The topological polar surface area (TPSA) is 25.8 Å². The molecule has 0 saturated heterocycles. The van der Waals surface area contributed by atoms with Crippen molar-refractivity contribution in [3.8, 4) is 56.2 Å². The average molecular weight is 539 g/mol. The SMILES string of the molecule is Brc1cccc(-c2ccc(-c3cc(-c4ccccc4)nc(-c4ccc(-c5ccccc5)cc4)n3)cc2)c1. The molecule has 6 rings (SSSR count). The molecule has 0 amide bonds. The molecule has 0 spiro atoms. The highest BCUT2D eigenvalue weighted by molar-refractivity contribution is 9.10. The second-order valence-corrected chi connectivity index (χ2v) is 9.77. The smallest absolute Gasteiger partial charge is 0.160 e. The van der Waals surface area contributed by atoms with Gasteiger partial charge in [0, 0.05) is 21.2 Å². The van der Waals surface area contributed by atoms with Crippen LogP contribution in [0.5, 0.6) is 0 Å². The highest BCUT2D eigenvalue weighted by Gasteiger charge is 2.11. The molecule has 0 unspecified atom stereocenters. The quantitative estimate of drug-likeness (QED) is 0.218. The summed E-state index contributed by atoms with van der Waals surface area (Å²) in [7, 11) is 0. The van der Waals surface area contributed by atoms with Gasteiger partial charge in [-0.1, -0.05) is 137 Å². The van der Waals surface area contributed by atoms with Gasteiger partial charge in [0.15, 0.2) is 5.82 Å². The molecule has 6 aromatic rings. The van der Waals surface area contributed by atoms with Crippen molar-refractivity contribution in [2.24, 2.45) is 0 Å². The maximum Gasteiger partial charge on any atom is 0.160 e. The molecule has 0 aliphatic heterocycles. The van der Waals surface area contributed by atoms with Crippen LogP contribution in [-0.4, -0.2) is 9.97 Å². The Balaban J connectivity index is 1.41. The molecule has 0 saturated carbocycles. The zero-order valence-electron chi connectivity index (χ0n) is 20.1. The van der Waals surface area contributed by atoms with Gasteiger partial charge in [0.05, 0.1) is 11.4 Å². The normalized spacial score (nSPS) is 10.8. The van der Waals surface area contributed by atoms with Crippen LogP contribution in [0.3, 0.4) is 0 Å². The van der Waals surface area contributed by atoms with Crippen molar-refractivity contribution < 1.29 is 0 Å². The summed E-state index contributed by atoms with van der Waals surface area (Å²) in [6.07, 6.45) is 0. The number of hydrogen-bond donors (Lipinski definition) is 0. The Bertz CT molecular complexity index is 1640. The van der Waals surface area contributed by atoms with Gasteiger partial charge < -0.3 is 0 Å². The minimum Gasteiger partial charge on any atom is -0.228 e. The van der Waals surface area contributed by atoms with E-state index in [1.807, 2.05) is 30.3 Å². The van der Waals surface area contributed by atoms with Crippen LogP contribution in [0.2, 0.25) is 0 Å². The molecule has 0 bridgehead atoms. The monoisotopic (exact) mass is 538 g/mol. The Labute approximate surface area is 225 Å². The molecule has 0 N–H and O–H groups in total. The second kappa shape index (κ2) is 10.3. The van der Waals surface area contributed by atoms with Crippen molar-refractivity contribution in [3.63, 3.8) is 0 Å². The molecule has 0 atom stereocenters. The first-order valence-corrected chi connectivity index (χ1v) is 13.0. The summed E-state index contributed by atoms with van der Waals surface area (Å²) in [5.74, 6) is 0.715. The largest absolute Gasteiger partial charge is 0.228 e. The summed E-state index contributed by atoms with van der Waals surface area (Å²) in [4.78, 5) is 9.96. The van der Waals surface area contributed by atoms with Crippen molar-refractivity contribution >= 4 is 15.9 Å². The summed E-state index contributed by atoms with van der Waals surface area (Å²) in [6, 6.07) is 48.1. The van der Waals surface area contributed by atoms with Gasteiger partial charge >= 0.3 is 0 Å². The van der Waals surface area contributed by atoms with Crippen LogP contribution in [0, 0.1) is 0 Å². The van der Waals surface area contributed by atoms with Crippen LogP contribution in [0.1, 0.15) is 0 Å². The van der Waals surface area contributed by atoms with E-state index in [0.29, 0.717) is 5.82 Å². The third-order valence-corrected chi connectivity index (χ3v) is 6.88. The van der Waals surface area contributed by atoms with Crippen molar-refractivity contribution in [1.29, 1.82) is 0 Å². The van der Waals surface area contributed by atoms with Crippen molar-refractivity contribution in [2.45, 2.75) is 0 Å².